The van der Waals surface area contributed by atoms with Crippen molar-refractivity contribution in [2.45, 2.75) is 38.6 Å². The number of hydrogen-bond donors (Lipinski definition) is 1. The van der Waals surface area contributed by atoms with Crippen molar-refractivity contribution in [2.24, 2.45) is 0 Å². The number of rotatable bonds is 6. The van der Waals surface area contributed by atoms with Crippen molar-refractivity contribution >= 4 is 39.2 Å². The van der Waals surface area contributed by atoms with E-state index >= 15 is 0 Å². The molecule has 2 aromatic heterocycles. The summed E-state index contributed by atoms with van der Waals surface area (Å²) in [5.74, 6) is 1.23. The Morgan fingerprint density at radius 1 is 1.40 bits per heavy atom. The van der Waals surface area contributed by atoms with Gasteiger partial charge in [0, 0.05) is 16.8 Å². The molecule has 0 aliphatic rings. The van der Waals surface area contributed by atoms with Crippen LogP contribution in [0, 0.1) is 6.92 Å². The summed E-state index contributed by atoms with van der Waals surface area (Å²) in [6.45, 7) is 6.81. The van der Waals surface area contributed by atoms with Crippen LogP contribution < -0.4 is 5.32 Å². The zero-order valence-electron chi connectivity index (χ0n) is 12.0. The van der Waals surface area contributed by atoms with Crippen LogP contribution in [0.3, 0.4) is 0 Å². The first-order valence-corrected chi connectivity index (χ1v) is 8.60. The van der Waals surface area contributed by atoms with Crippen LogP contribution in [-0.2, 0) is 11.2 Å². The molecule has 0 aliphatic carbocycles. The lowest BCUT2D eigenvalue weighted by molar-refractivity contribution is -0.118. The van der Waals surface area contributed by atoms with Gasteiger partial charge < -0.3 is 5.32 Å². The van der Waals surface area contributed by atoms with Gasteiger partial charge in [-0.2, -0.15) is 0 Å². The molecule has 4 nitrogen and oxygen atoms in total. The summed E-state index contributed by atoms with van der Waals surface area (Å²) >= 11 is 3.20. The summed E-state index contributed by atoms with van der Waals surface area (Å²) in [4.78, 5) is 23.0. The zero-order chi connectivity index (χ0) is 14.5. The number of nitrogens with one attached hydrogen (secondary N) is 1. The van der Waals surface area contributed by atoms with Gasteiger partial charge in [0.1, 0.15) is 15.7 Å². The lowest BCUT2D eigenvalue weighted by Gasteiger charge is -2.04. The predicted molar refractivity (Wildman–Crippen MR) is 85.6 cm³/mol. The third kappa shape index (κ3) is 3.70. The highest BCUT2D eigenvalue weighted by atomic mass is 32.2. The number of thiophene rings is 1. The van der Waals surface area contributed by atoms with Gasteiger partial charge in [0.05, 0.1) is 5.75 Å². The molecule has 0 saturated carbocycles. The number of carbonyl (C=O) groups is 1. The number of hydrogen-bond acceptors (Lipinski definition) is 5. The maximum Gasteiger partial charge on any atom is 0.230 e. The molecule has 6 heteroatoms. The normalized spacial score (nSPS) is 10.9. The smallest absolute Gasteiger partial charge is 0.230 e. The molecule has 0 radical (unpaired) electrons. The Labute approximate surface area is 127 Å². The zero-order valence-corrected chi connectivity index (χ0v) is 13.7. The third-order valence-electron chi connectivity index (χ3n) is 2.78. The van der Waals surface area contributed by atoms with Crippen molar-refractivity contribution < 1.29 is 4.79 Å². The Morgan fingerprint density at radius 3 is 2.90 bits per heavy atom. The van der Waals surface area contributed by atoms with Gasteiger partial charge in [-0.1, -0.05) is 25.6 Å². The van der Waals surface area contributed by atoms with E-state index in [1.54, 1.807) is 11.3 Å². The molecule has 0 bridgehead atoms. The minimum absolute atomic E-state index is 0.0622. The molecule has 2 rings (SSSR count). The molecule has 0 atom stereocenters. The molecule has 1 amide bonds. The van der Waals surface area contributed by atoms with Gasteiger partial charge in [-0.05, 0) is 25.8 Å². The van der Waals surface area contributed by atoms with Gasteiger partial charge >= 0.3 is 0 Å². The number of aromatic nitrogens is 2. The van der Waals surface area contributed by atoms with E-state index in [1.165, 1.54) is 16.6 Å². The average Bonchev–Trinajstić information content (AvgIpc) is 2.85. The fourth-order valence-corrected chi connectivity index (χ4v) is 3.74. The Morgan fingerprint density at radius 2 is 2.20 bits per heavy atom. The number of amides is 1. The van der Waals surface area contributed by atoms with Gasteiger partial charge in [0.15, 0.2) is 0 Å². The van der Waals surface area contributed by atoms with Gasteiger partial charge in [-0.3, -0.25) is 4.79 Å². The summed E-state index contributed by atoms with van der Waals surface area (Å²) in [6.07, 6.45) is 1.96. The minimum atomic E-state index is 0.0622. The first-order valence-electron chi connectivity index (χ1n) is 6.80. The van der Waals surface area contributed by atoms with E-state index in [9.17, 15) is 4.79 Å². The van der Waals surface area contributed by atoms with Crippen LogP contribution in [0.2, 0.25) is 0 Å². The molecule has 0 fully saturated rings. The lowest BCUT2D eigenvalue weighted by Crippen LogP contribution is -2.25. The molecule has 0 saturated heterocycles. The van der Waals surface area contributed by atoms with E-state index < -0.39 is 0 Å². The van der Waals surface area contributed by atoms with Crippen LogP contribution >= 0.6 is 23.1 Å². The first kappa shape index (κ1) is 15.3. The van der Waals surface area contributed by atoms with Crippen molar-refractivity contribution in [1.29, 1.82) is 0 Å². The Hall–Kier alpha value is -1.14. The first-order chi connectivity index (χ1) is 9.63. The number of fused-ring (bicyclic) bond motifs is 1. The number of aryl methyl sites for hydroxylation is 2. The average molecular weight is 309 g/mol. The molecular formula is C14H19N3OS2. The van der Waals surface area contributed by atoms with E-state index in [2.05, 4.69) is 28.3 Å². The minimum Gasteiger partial charge on any atom is -0.355 e. The van der Waals surface area contributed by atoms with E-state index in [0.717, 1.165) is 40.5 Å². The Kier molecular flexibility index (Phi) is 5.37. The van der Waals surface area contributed by atoms with Gasteiger partial charge in [0.2, 0.25) is 5.91 Å². The second-order valence-corrected chi connectivity index (χ2v) is 6.58. The van der Waals surface area contributed by atoms with Crippen LogP contribution in [0.15, 0.2) is 11.1 Å². The molecule has 20 heavy (non-hydrogen) atoms. The van der Waals surface area contributed by atoms with Crippen molar-refractivity contribution in [3.05, 3.63) is 16.8 Å². The lowest BCUT2D eigenvalue weighted by atomic mass is 10.3. The monoisotopic (exact) mass is 309 g/mol. The SMILES string of the molecule is CCCNC(=O)CSc1nc(C)nc2sc(CC)cc12. The molecular weight excluding hydrogens is 290 g/mol. The number of thioether (sulfide) groups is 1. The van der Waals surface area contributed by atoms with Crippen molar-refractivity contribution in [2.75, 3.05) is 12.3 Å². The molecule has 0 aromatic carbocycles. The van der Waals surface area contributed by atoms with Crippen LogP contribution in [0.1, 0.15) is 31.0 Å². The third-order valence-corrected chi connectivity index (χ3v) is 4.95. The summed E-state index contributed by atoms with van der Waals surface area (Å²) in [5.41, 5.74) is 0. The second kappa shape index (κ2) is 7.04. The predicted octanol–water partition coefficient (Wildman–Crippen LogP) is 3.18. The highest BCUT2D eigenvalue weighted by Crippen LogP contribution is 2.31. The highest BCUT2D eigenvalue weighted by molar-refractivity contribution is 8.00. The molecule has 2 heterocycles. The van der Waals surface area contributed by atoms with Crippen molar-refractivity contribution in [1.82, 2.24) is 15.3 Å². The van der Waals surface area contributed by atoms with E-state index in [4.69, 9.17) is 0 Å². The summed E-state index contributed by atoms with van der Waals surface area (Å²) in [7, 11) is 0. The number of carbonyl (C=O) groups excluding carboxylic acids is 1. The van der Waals surface area contributed by atoms with E-state index in [1.807, 2.05) is 13.8 Å². The molecule has 2 aromatic rings. The second-order valence-electron chi connectivity index (χ2n) is 4.50. The van der Waals surface area contributed by atoms with Crippen LogP contribution in [0.5, 0.6) is 0 Å². The fraction of sp³-hybridized carbons (Fsp3) is 0.500. The topological polar surface area (TPSA) is 54.9 Å². The molecule has 1 N–H and O–H groups in total. The Balaban J connectivity index is 2.16. The summed E-state index contributed by atoms with van der Waals surface area (Å²) in [6, 6.07) is 2.14. The van der Waals surface area contributed by atoms with E-state index in [-0.39, 0.29) is 5.91 Å². The van der Waals surface area contributed by atoms with Gasteiger partial charge in [0.25, 0.3) is 0 Å². The van der Waals surface area contributed by atoms with Gasteiger partial charge in [-0.15, -0.1) is 11.3 Å². The Bertz CT molecular complexity index is 610. The van der Waals surface area contributed by atoms with Crippen LogP contribution in [0.4, 0.5) is 0 Å². The van der Waals surface area contributed by atoms with Crippen molar-refractivity contribution in [3.8, 4) is 0 Å². The maximum atomic E-state index is 11.7. The van der Waals surface area contributed by atoms with Crippen LogP contribution in [-0.4, -0.2) is 28.2 Å². The fourth-order valence-electron chi connectivity index (χ4n) is 1.78. The summed E-state index contributed by atoms with van der Waals surface area (Å²) < 4.78 is 0. The van der Waals surface area contributed by atoms with E-state index in [0.29, 0.717) is 5.75 Å². The largest absolute Gasteiger partial charge is 0.355 e. The van der Waals surface area contributed by atoms with Crippen LogP contribution in [0.25, 0.3) is 10.2 Å². The molecule has 0 aliphatic heterocycles. The number of nitrogens with zero attached hydrogens (tertiary/aromatic N) is 2. The molecule has 108 valence electrons. The van der Waals surface area contributed by atoms with Gasteiger partial charge in [-0.25, -0.2) is 9.97 Å². The standard InChI is InChI=1S/C14H19N3OS2/c1-4-6-15-12(18)8-19-13-11-7-10(5-2)20-14(11)17-9(3)16-13/h7H,4-6,8H2,1-3H3,(H,15,18). The molecule has 0 unspecified atom stereocenters. The maximum absolute atomic E-state index is 11.7. The highest BCUT2D eigenvalue weighted by Gasteiger charge is 2.11. The quantitative estimate of drug-likeness (QED) is 0.658. The van der Waals surface area contributed by atoms with Crippen molar-refractivity contribution in [3.63, 3.8) is 0 Å². The molecule has 0 spiro atoms. The summed E-state index contributed by atoms with van der Waals surface area (Å²) in [5, 5.41) is 4.87.